The molecule has 0 radical (unpaired) electrons. The van der Waals surface area contributed by atoms with Crippen LogP contribution in [0, 0.1) is 12.7 Å². The van der Waals surface area contributed by atoms with Gasteiger partial charge < -0.3 is 5.32 Å². The lowest BCUT2D eigenvalue weighted by molar-refractivity contribution is 0.295. The average Bonchev–Trinajstić information content (AvgIpc) is 2.38. The lowest BCUT2D eigenvalue weighted by Gasteiger charge is -2.31. The zero-order valence-corrected chi connectivity index (χ0v) is 12.0. The third-order valence-electron chi connectivity index (χ3n) is 3.62. The van der Waals surface area contributed by atoms with Crippen molar-refractivity contribution in [1.82, 2.24) is 9.62 Å². The first-order chi connectivity index (χ1) is 8.94. The van der Waals surface area contributed by atoms with Crippen molar-refractivity contribution in [3.05, 3.63) is 29.6 Å². The first-order valence-electron chi connectivity index (χ1n) is 6.38. The molecule has 1 saturated heterocycles. The van der Waals surface area contributed by atoms with Gasteiger partial charge >= 0.3 is 0 Å². The molecule has 1 aromatic rings. The second kappa shape index (κ2) is 5.56. The third-order valence-corrected chi connectivity index (χ3v) is 5.71. The van der Waals surface area contributed by atoms with Crippen LogP contribution >= 0.6 is 0 Å². The maximum absolute atomic E-state index is 13.9. The zero-order valence-electron chi connectivity index (χ0n) is 11.2. The number of benzene rings is 1. The minimum Gasteiger partial charge on any atom is -0.317 e. The minimum atomic E-state index is -3.77. The Labute approximate surface area is 113 Å². The molecule has 0 unspecified atom stereocenters. The van der Waals surface area contributed by atoms with E-state index in [0.717, 1.165) is 25.9 Å². The normalized spacial score (nSPS) is 17.9. The van der Waals surface area contributed by atoms with E-state index in [9.17, 15) is 12.8 Å². The molecule has 106 valence electrons. The maximum atomic E-state index is 13.9. The highest BCUT2D eigenvalue weighted by Gasteiger charge is 2.31. The molecular formula is C13H19FN2O2S. The van der Waals surface area contributed by atoms with Crippen LogP contribution in [0.5, 0.6) is 0 Å². The fraction of sp³-hybridized carbons (Fsp3) is 0.538. The molecule has 4 nitrogen and oxygen atoms in total. The molecule has 0 aliphatic carbocycles. The van der Waals surface area contributed by atoms with E-state index in [2.05, 4.69) is 5.32 Å². The molecular weight excluding hydrogens is 267 g/mol. The van der Waals surface area contributed by atoms with Gasteiger partial charge in [-0.25, -0.2) is 12.8 Å². The van der Waals surface area contributed by atoms with Crippen molar-refractivity contribution < 1.29 is 12.8 Å². The molecule has 1 aliphatic rings. The number of nitrogens with zero attached hydrogens (tertiary/aromatic N) is 1. The molecule has 0 atom stereocenters. The lowest BCUT2D eigenvalue weighted by Crippen LogP contribution is -2.44. The van der Waals surface area contributed by atoms with Gasteiger partial charge in [0.2, 0.25) is 10.0 Å². The molecule has 1 aliphatic heterocycles. The van der Waals surface area contributed by atoms with Gasteiger partial charge in [0.05, 0.1) is 0 Å². The number of piperidine rings is 1. The average molecular weight is 286 g/mol. The van der Waals surface area contributed by atoms with E-state index in [0.29, 0.717) is 5.56 Å². The van der Waals surface area contributed by atoms with E-state index < -0.39 is 15.8 Å². The standard InChI is InChI=1S/C13H19FN2O2S/c1-10-4-3-5-12(14)13(10)19(17,18)16(2)11-6-8-15-9-7-11/h3-5,11,15H,6-9H2,1-2H3. The van der Waals surface area contributed by atoms with Gasteiger partial charge in [-0.3, -0.25) is 0 Å². The van der Waals surface area contributed by atoms with Crippen molar-refractivity contribution >= 4 is 10.0 Å². The highest BCUT2D eigenvalue weighted by Crippen LogP contribution is 2.25. The molecule has 6 heteroatoms. The van der Waals surface area contributed by atoms with Gasteiger partial charge in [0.25, 0.3) is 0 Å². The van der Waals surface area contributed by atoms with Crippen LogP contribution < -0.4 is 5.32 Å². The fourth-order valence-corrected chi connectivity index (χ4v) is 4.13. The van der Waals surface area contributed by atoms with Crippen LogP contribution in [0.3, 0.4) is 0 Å². The Morgan fingerprint density at radius 2 is 1.95 bits per heavy atom. The summed E-state index contributed by atoms with van der Waals surface area (Å²) in [6.07, 6.45) is 1.51. The van der Waals surface area contributed by atoms with Crippen molar-refractivity contribution in [1.29, 1.82) is 0 Å². The van der Waals surface area contributed by atoms with E-state index in [1.54, 1.807) is 13.0 Å². The van der Waals surface area contributed by atoms with Crippen LogP contribution in [0.2, 0.25) is 0 Å². The summed E-state index contributed by atoms with van der Waals surface area (Å²) in [5.41, 5.74) is 0.445. The second-order valence-electron chi connectivity index (χ2n) is 4.89. The summed E-state index contributed by atoms with van der Waals surface area (Å²) in [5.74, 6) is -0.680. The first kappa shape index (κ1) is 14.4. The summed E-state index contributed by atoms with van der Waals surface area (Å²) in [7, 11) is -2.23. The van der Waals surface area contributed by atoms with E-state index in [-0.39, 0.29) is 10.9 Å². The summed E-state index contributed by atoms with van der Waals surface area (Å²) >= 11 is 0. The van der Waals surface area contributed by atoms with E-state index in [4.69, 9.17) is 0 Å². The zero-order chi connectivity index (χ0) is 14.0. The van der Waals surface area contributed by atoms with Crippen LogP contribution in [0.4, 0.5) is 4.39 Å². The van der Waals surface area contributed by atoms with Crippen LogP contribution in [0.25, 0.3) is 0 Å². The molecule has 19 heavy (non-hydrogen) atoms. The second-order valence-corrected chi connectivity index (χ2v) is 6.82. The van der Waals surface area contributed by atoms with Gasteiger partial charge in [0, 0.05) is 13.1 Å². The Morgan fingerprint density at radius 1 is 1.32 bits per heavy atom. The number of halogens is 1. The van der Waals surface area contributed by atoms with E-state index in [1.165, 1.54) is 23.5 Å². The van der Waals surface area contributed by atoms with Crippen LogP contribution in [-0.4, -0.2) is 38.9 Å². The maximum Gasteiger partial charge on any atom is 0.246 e. The Kier molecular flexibility index (Phi) is 4.23. The molecule has 2 rings (SSSR count). The molecule has 1 heterocycles. The molecule has 0 aromatic heterocycles. The molecule has 1 aromatic carbocycles. The highest BCUT2D eigenvalue weighted by molar-refractivity contribution is 7.89. The summed E-state index contributed by atoms with van der Waals surface area (Å²) in [6.45, 7) is 3.20. The monoisotopic (exact) mass is 286 g/mol. The third kappa shape index (κ3) is 2.80. The van der Waals surface area contributed by atoms with Crippen molar-refractivity contribution in [3.8, 4) is 0 Å². The summed E-state index contributed by atoms with van der Waals surface area (Å²) in [5, 5.41) is 3.19. The molecule has 1 fully saturated rings. The highest BCUT2D eigenvalue weighted by atomic mass is 32.2. The van der Waals surface area contributed by atoms with Crippen LogP contribution in [0.1, 0.15) is 18.4 Å². The molecule has 0 amide bonds. The SMILES string of the molecule is Cc1cccc(F)c1S(=O)(=O)N(C)C1CCNCC1. The lowest BCUT2D eigenvalue weighted by atomic mass is 10.1. The topological polar surface area (TPSA) is 49.4 Å². The largest absolute Gasteiger partial charge is 0.317 e. The fourth-order valence-electron chi connectivity index (χ4n) is 2.45. The van der Waals surface area contributed by atoms with Gasteiger partial charge in [-0.15, -0.1) is 0 Å². The number of nitrogens with one attached hydrogen (secondary N) is 1. The summed E-state index contributed by atoms with van der Waals surface area (Å²) in [6, 6.07) is 4.27. The van der Waals surface area contributed by atoms with Crippen LogP contribution in [-0.2, 0) is 10.0 Å². The van der Waals surface area contributed by atoms with E-state index in [1.807, 2.05) is 0 Å². The minimum absolute atomic E-state index is 0.0646. The molecule has 0 spiro atoms. The van der Waals surface area contributed by atoms with Gasteiger partial charge in [0.15, 0.2) is 0 Å². The van der Waals surface area contributed by atoms with Gasteiger partial charge in [0.1, 0.15) is 10.7 Å². The smallest absolute Gasteiger partial charge is 0.246 e. The Hall–Kier alpha value is -0.980. The van der Waals surface area contributed by atoms with Crippen molar-refractivity contribution in [2.45, 2.75) is 30.7 Å². The van der Waals surface area contributed by atoms with Crippen molar-refractivity contribution in [3.63, 3.8) is 0 Å². The number of hydrogen-bond donors (Lipinski definition) is 1. The molecule has 1 N–H and O–H groups in total. The Balaban J connectivity index is 2.36. The van der Waals surface area contributed by atoms with Gasteiger partial charge in [-0.05, 0) is 44.5 Å². The number of hydrogen-bond acceptors (Lipinski definition) is 3. The van der Waals surface area contributed by atoms with Crippen LogP contribution in [0.15, 0.2) is 23.1 Å². The number of rotatable bonds is 3. The number of sulfonamides is 1. The Bertz CT molecular complexity index is 534. The van der Waals surface area contributed by atoms with Crippen molar-refractivity contribution in [2.75, 3.05) is 20.1 Å². The number of aryl methyl sites for hydroxylation is 1. The van der Waals surface area contributed by atoms with E-state index >= 15 is 0 Å². The molecule has 0 bridgehead atoms. The predicted octanol–water partition coefficient (Wildman–Crippen LogP) is 1.51. The van der Waals surface area contributed by atoms with Gasteiger partial charge in [-0.1, -0.05) is 12.1 Å². The molecule has 0 saturated carbocycles. The quantitative estimate of drug-likeness (QED) is 0.916. The summed E-state index contributed by atoms with van der Waals surface area (Å²) < 4.78 is 40.3. The predicted molar refractivity (Wildman–Crippen MR) is 72.0 cm³/mol. The summed E-state index contributed by atoms with van der Waals surface area (Å²) in [4.78, 5) is -0.198. The Morgan fingerprint density at radius 3 is 2.53 bits per heavy atom. The first-order valence-corrected chi connectivity index (χ1v) is 7.82. The van der Waals surface area contributed by atoms with Crippen molar-refractivity contribution in [2.24, 2.45) is 0 Å². The van der Waals surface area contributed by atoms with Gasteiger partial charge in [-0.2, -0.15) is 4.31 Å².